The van der Waals surface area contributed by atoms with E-state index in [9.17, 15) is 101 Å². The normalized spacial score (nSPS) is 11.2. The number of aromatic amines is 2. The number of phenolic OH excluding ortho intramolecular Hbond substituents is 2. The van der Waals surface area contributed by atoms with Crippen LogP contribution >= 0.6 is 91.5 Å². The van der Waals surface area contributed by atoms with Crippen molar-refractivity contribution in [1.29, 1.82) is 0 Å². The van der Waals surface area contributed by atoms with E-state index in [0.29, 0.717) is 93.1 Å². The molecule has 5 amide bonds. The van der Waals surface area contributed by atoms with Crippen LogP contribution in [0.15, 0.2) is 274 Å². The third-order valence-electron chi connectivity index (χ3n) is 21.6. The van der Waals surface area contributed by atoms with E-state index in [4.69, 9.17) is 40.5 Å². The minimum Gasteiger partial charge on any atom is -0.506 e. The number of hydrogen-bond acceptors (Lipinski definition) is 21. The number of carboxylic acids is 5. The molecule has 142 heavy (non-hydrogen) atoms. The first-order chi connectivity index (χ1) is 68.1. The molecule has 18 aromatic rings. The van der Waals surface area contributed by atoms with E-state index in [1.807, 2.05) is 54.6 Å². The number of halogens is 7. The third-order valence-corrected chi connectivity index (χ3v) is 26.9. The van der Waals surface area contributed by atoms with Gasteiger partial charge >= 0.3 is 29.8 Å². The number of rotatable bonds is 21. The number of hydrogen-bond donors (Lipinski definition) is 15. The number of carbonyl (C=O) groups excluding carboxylic acids is 5. The molecule has 10 aromatic carbocycles. The SMILES string of the molecule is Cc1ccc(-c2csc(NC(=O)c3ccc4c(c3O)N=NC4)c2C(=O)O)c(F)c1F.Cc1ccc(-c2csc(NC(=O)c3cccc4cc[nH]c34)c2C(=O)O)c(F)c1F.N/C(=C\c1ccccc1)C(=O)Nc1scc(-c2ccc(Cl)cc2)c1C(=O)O.O=C(Nc1scc(-c2ccc(Cl)cc2)c1C(=O)O)c1ccc2cccc(O)c2n1.O=C(O)c1c(-c2ccc(Cl)cc2)csc1NC(=O)c1cccc2cc[nH]c12. The summed E-state index contributed by atoms with van der Waals surface area (Å²) in [6, 6.07) is 60.3. The Bertz CT molecular complexity index is 8140. The van der Waals surface area contributed by atoms with Crippen molar-refractivity contribution in [2.75, 3.05) is 26.6 Å². The van der Waals surface area contributed by atoms with Crippen LogP contribution in [-0.4, -0.2) is 110 Å². The lowest BCUT2D eigenvalue weighted by atomic mass is 10.0. The summed E-state index contributed by atoms with van der Waals surface area (Å²) < 4.78 is 56.8. The van der Waals surface area contributed by atoms with Gasteiger partial charge in [0.2, 0.25) is 0 Å². The Morgan fingerprint density at radius 2 is 0.768 bits per heavy atom. The van der Waals surface area contributed by atoms with Gasteiger partial charge in [-0.05, 0) is 132 Å². The van der Waals surface area contributed by atoms with Crippen LogP contribution in [0.4, 0.5) is 48.3 Å². The third kappa shape index (κ3) is 21.9. The monoisotopic (exact) mass is 2060 g/mol. The van der Waals surface area contributed by atoms with E-state index >= 15 is 0 Å². The minimum atomic E-state index is -1.42. The number of azo groups is 1. The molecule has 9 heterocycles. The molecule has 8 aromatic heterocycles. The molecule has 19 rings (SSSR count). The van der Waals surface area contributed by atoms with Crippen molar-refractivity contribution in [3.8, 4) is 67.1 Å². The highest BCUT2D eigenvalue weighted by Crippen LogP contribution is 2.46. The number of aromatic nitrogens is 3. The Labute approximate surface area is 834 Å². The van der Waals surface area contributed by atoms with Gasteiger partial charge in [-0.2, -0.15) is 10.2 Å². The number of benzene rings is 10. The number of carbonyl (C=O) groups is 10. The zero-order chi connectivity index (χ0) is 101. The molecule has 16 N–H and O–H groups in total. The van der Waals surface area contributed by atoms with Crippen molar-refractivity contribution >= 4 is 220 Å². The largest absolute Gasteiger partial charge is 0.506 e. The molecule has 0 fully saturated rings. The zero-order valence-electron chi connectivity index (χ0n) is 72.9. The molecule has 0 bridgehead atoms. The summed E-state index contributed by atoms with van der Waals surface area (Å²) in [6.07, 6.45) is 4.99. The molecule has 0 saturated carbocycles. The zero-order valence-corrected chi connectivity index (χ0v) is 79.3. The van der Waals surface area contributed by atoms with Gasteiger partial charge in [0, 0.05) is 115 Å². The Hall–Kier alpha value is -16.8. The number of anilines is 5. The van der Waals surface area contributed by atoms with E-state index < -0.39 is 76.7 Å². The molecule has 28 nitrogen and oxygen atoms in total. The van der Waals surface area contributed by atoms with E-state index in [2.05, 4.69) is 51.8 Å². The molecule has 0 aliphatic carbocycles. The van der Waals surface area contributed by atoms with Gasteiger partial charge < -0.3 is 78.0 Å². The average Bonchev–Trinajstić information content (AvgIpc) is 1.61. The van der Waals surface area contributed by atoms with Crippen molar-refractivity contribution < 1.29 is 101 Å². The summed E-state index contributed by atoms with van der Waals surface area (Å²) in [5.74, 6) is -13.8. The molecule has 0 unspecified atom stereocenters. The molecule has 1 aliphatic rings. The topological polar surface area (TPSA) is 468 Å². The average molecular weight is 2060 g/mol. The van der Waals surface area contributed by atoms with Gasteiger partial charge in [0.25, 0.3) is 29.5 Å². The first kappa shape index (κ1) is 99.7. The van der Waals surface area contributed by atoms with E-state index in [1.165, 1.54) is 84.5 Å². The minimum absolute atomic E-state index is 0.00527. The van der Waals surface area contributed by atoms with Gasteiger partial charge in [0.1, 0.15) is 75.5 Å². The van der Waals surface area contributed by atoms with Gasteiger partial charge in [-0.1, -0.05) is 174 Å². The standard InChI is InChI=1S/C21H13ClN2O4S.C21H14F2N2O3S.C20H13ClN2O3S.C20H15ClN2O3S.C20H13F2N3O4S/c22-13-7-4-11(5-8-13)14-10-29-20(17(14)21(27)28)24-19(26)15-9-6-12-2-1-3-16(25)18(12)23-15;1-10-5-6-12(17(23)16(10)22)14-9-29-20(15(14)21(27)28)25-19(26)13-4-2-3-11-7-8-24-18(11)13;21-13-6-4-11(5-7-13)15-10-27-19(16(15)20(25)26)23-18(24)14-3-1-2-12-8-9-22-17(12)14;21-14-8-6-13(7-9-14)15-11-27-19(17(15)20(25)26)23-18(24)16(22)10-12-4-2-1-3-5-12;1-8-2-4-10(15(22)14(8)21)12-7-30-19(13(12)20(28)29)24-18(27)11-5-3-9-6-23-25-16(9)17(11)26/h1-10,25H,(H,24,26)(H,27,28);2-9,24H,1H3,(H,25,26)(H,27,28);1-10,22H,(H,23,24)(H,25,26);1-11H,22H2,(H,23,24)(H,25,26);2-5,7,26H,6H2,1H3,(H,24,27)(H,28,29)/b;;;16-10-;. The lowest BCUT2D eigenvalue weighted by Crippen LogP contribution is -2.20. The molecular formula is C102H68Cl3F4N11O17S5. The highest BCUT2D eigenvalue weighted by Gasteiger charge is 2.32. The van der Waals surface area contributed by atoms with Crippen molar-refractivity contribution in [1.82, 2.24) is 15.0 Å². The number of aromatic carboxylic acids is 5. The Balaban J connectivity index is 0.000000134. The fraction of sp³-hybridized carbons (Fsp3) is 0.0294. The number of carboxylic acid groups (broad SMARTS) is 5. The summed E-state index contributed by atoms with van der Waals surface area (Å²) in [6.45, 7) is 3.10. The Morgan fingerprint density at radius 1 is 0.387 bits per heavy atom. The van der Waals surface area contributed by atoms with E-state index in [1.54, 1.807) is 150 Å². The van der Waals surface area contributed by atoms with Crippen molar-refractivity contribution in [2.45, 2.75) is 20.4 Å². The predicted molar refractivity (Wildman–Crippen MR) is 543 cm³/mol. The van der Waals surface area contributed by atoms with E-state index in [-0.39, 0.29) is 121 Å². The number of amides is 5. The number of para-hydroxylation sites is 3. The molecule has 0 radical (unpaired) electrons. The van der Waals surface area contributed by atoms with Gasteiger partial charge in [0.05, 0.1) is 40.0 Å². The fourth-order valence-corrected chi connectivity index (χ4v) is 19.8. The Morgan fingerprint density at radius 3 is 1.19 bits per heavy atom. The number of H-pyrrole nitrogens is 2. The number of phenols is 2. The highest BCUT2D eigenvalue weighted by molar-refractivity contribution is 7.17. The molecule has 712 valence electrons. The maximum atomic E-state index is 14.4. The summed E-state index contributed by atoms with van der Waals surface area (Å²) in [5.41, 5.74) is 12.6. The molecule has 40 heteroatoms. The first-order valence-corrected chi connectivity index (χ1v) is 47.1. The quantitative estimate of drug-likeness (QED) is 0.0235. The molecule has 0 atom stereocenters. The molecule has 0 saturated heterocycles. The van der Waals surface area contributed by atoms with Crippen LogP contribution in [-0.2, 0) is 11.3 Å². The maximum Gasteiger partial charge on any atom is 0.339 e. The number of nitrogens with one attached hydrogen (secondary N) is 7. The second-order valence-electron chi connectivity index (χ2n) is 30.6. The van der Waals surface area contributed by atoms with Gasteiger partial charge in [-0.3, -0.25) is 24.0 Å². The van der Waals surface area contributed by atoms with Crippen LogP contribution in [0.1, 0.15) is 116 Å². The summed E-state index contributed by atoms with van der Waals surface area (Å²) in [5, 5.41) is 102. The second-order valence-corrected chi connectivity index (χ2v) is 36.3. The molecule has 0 spiro atoms. The maximum absolute atomic E-state index is 14.4. The van der Waals surface area contributed by atoms with E-state index in [0.717, 1.165) is 67.2 Å². The lowest BCUT2D eigenvalue weighted by molar-refractivity contribution is -0.112. The number of aryl methyl sites for hydroxylation is 2. The Kier molecular flexibility index (Phi) is 30.5. The number of nitrogens with two attached hydrogens (primary N) is 1. The number of aromatic hydroxyl groups is 2. The van der Waals surface area contributed by atoms with Gasteiger partial charge in [-0.15, -0.1) is 56.7 Å². The smallest absolute Gasteiger partial charge is 0.339 e. The fourth-order valence-electron chi connectivity index (χ4n) is 14.6. The summed E-state index contributed by atoms with van der Waals surface area (Å²) >= 11 is 22.9. The van der Waals surface area contributed by atoms with Crippen molar-refractivity contribution in [3.63, 3.8) is 0 Å². The predicted octanol–water partition coefficient (Wildman–Crippen LogP) is 26.2. The number of nitrogens with zero attached hydrogens (tertiary/aromatic N) is 3. The van der Waals surface area contributed by atoms with Crippen molar-refractivity contribution in [2.24, 2.45) is 16.0 Å². The summed E-state index contributed by atoms with van der Waals surface area (Å²) in [7, 11) is 0. The van der Waals surface area contributed by atoms with Gasteiger partial charge in [-0.25, -0.2) is 46.5 Å². The lowest BCUT2D eigenvalue weighted by Gasteiger charge is -2.09. The first-order valence-electron chi connectivity index (χ1n) is 41.5. The van der Waals surface area contributed by atoms with Crippen LogP contribution in [0.25, 0.3) is 94.4 Å². The van der Waals surface area contributed by atoms with Crippen LogP contribution in [0.5, 0.6) is 11.5 Å². The number of pyridine rings is 1. The number of fused-ring (bicyclic) bond motifs is 4. The van der Waals surface area contributed by atoms with Crippen LogP contribution in [0.3, 0.4) is 0 Å². The second kappa shape index (κ2) is 43.5. The summed E-state index contributed by atoms with van der Waals surface area (Å²) in [4.78, 5) is 133. The van der Waals surface area contributed by atoms with Crippen molar-refractivity contribution in [3.05, 3.63) is 374 Å². The highest BCUT2D eigenvalue weighted by atomic mass is 35.5. The van der Waals surface area contributed by atoms with Crippen LogP contribution in [0.2, 0.25) is 15.1 Å². The van der Waals surface area contributed by atoms with Gasteiger partial charge in [0.15, 0.2) is 29.0 Å². The van der Waals surface area contributed by atoms with Crippen LogP contribution < -0.4 is 32.3 Å². The molecule has 1 aliphatic heterocycles. The number of thiophene rings is 5. The molecular weight excluding hydrogens is 1990 g/mol. The van der Waals surface area contributed by atoms with Crippen LogP contribution in [0, 0.1) is 37.1 Å².